The lowest BCUT2D eigenvalue weighted by Gasteiger charge is -2.26. The Kier molecular flexibility index (Phi) is 10.2. The van der Waals surface area contributed by atoms with Gasteiger partial charge in [0.15, 0.2) is 0 Å². The molecule has 9 heteroatoms. The zero-order valence-electron chi connectivity index (χ0n) is 19.8. The molecular weight excluding hydrogens is 452 g/mol. The Hall–Kier alpha value is -2.62. The number of rotatable bonds is 11. The molecule has 1 unspecified atom stereocenters. The van der Waals surface area contributed by atoms with Crippen molar-refractivity contribution in [3.05, 3.63) is 65.7 Å². The van der Waals surface area contributed by atoms with Gasteiger partial charge in [0.25, 0.3) is 0 Å². The van der Waals surface area contributed by atoms with Gasteiger partial charge in [-0.2, -0.15) is 0 Å². The van der Waals surface area contributed by atoms with Gasteiger partial charge in [-0.1, -0.05) is 48.9 Å². The number of aliphatic hydroxyl groups excluding tert-OH is 1. The normalized spacial score (nSPS) is 16.1. The van der Waals surface area contributed by atoms with Gasteiger partial charge in [0.05, 0.1) is 19.0 Å². The number of ether oxygens (including phenoxy) is 1. The average molecular weight is 489 g/mol. The second-order valence-corrected chi connectivity index (χ2v) is 10.3. The maximum atomic E-state index is 11.7. The highest BCUT2D eigenvalue weighted by atomic mass is 32.2. The molecule has 186 valence electrons. The molecule has 2 aromatic rings. The molecule has 3 N–H and O–H groups in total. The van der Waals surface area contributed by atoms with Gasteiger partial charge in [-0.3, -0.25) is 14.6 Å². The summed E-state index contributed by atoms with van der Waals surface area (Å²) < 4.78 is 31.6. The van der Waals surface area contributed by atoms with Crippen molar-refractivity contribution < 1.29 is 18.3 Å². The number of aliphatic hydroxyl groups is 1. The van der Waals surface area contributed by atoms with Crippen LogP contribution in [0.3, 0.4) is 0 Å². The van der Waals surface area contributed by atoms with E-state index in [4.69, 9.17) is 4.74 Å². The summed E-state index contributed by atoms with van der Waals surface area (Å²) in [5, 5.41) is 13.2. The summed E-state index contributed by atoms with van der Waals surface area (Å²) in [6.07, 6.45) is 4.77. The van der Waals surface area contributed by atoms with Crippen molar-refractivity contribution >= 4 is 16.0 Å². The fraction of sp³-hybridized carbons (Fsp3) is 0.480. The van der Waals surface area contributed by atoms with Crippen LogP contribution in [0.2, 0.25) is 0 Å². The Labute approximate surface area is 203 Å². The second kappa shape index (κ2) is 13.3. The van der Waals surface area contributed by atoms with Crippen molar-refractivity contribution in [3.63, 3.8) is 0 Å². The van der Waals surface area contributed by atoms with Crippen LogP contribution in [0.25, 0.3) is 0 Å². The zero-order valence-corrected chi connectivity index (χ0v) is 20.6. The molecular formula is C25H36N4O4S. The highest BCUT2D eigenvalue weighted by Crippen LogP contribution is 2.18. The maximum absolute atomic E-state index is 11.7. The minimum absolute atomic E-state index is 0.112. The zero-order chi connectivity index (χ0) is 24.2. The minimum Gasteiger partial charge on any atom is -0.494 e. The summed E-state index contributed by atoms with van der Waals surface area (Å²) in [7, 11) is -3.50. The molecule has 1 aliphatic rings. The number of nitrogens with zero attached hydrogens (tertiary/aromatic N) is 2. The predicted octanol–water partition coefficient (Wildman–Crippen LogP) is 2.67. The summed E-state index contributed by atoms with van der Waals surface area (Å²) in [5.74, 6) is 0.943. The first-order valence-electron chi connectivity index (χ1n) is 11.8. The van der Waals surface area contributed by atoms with E-state index in [1.807, 2.05) is 42.5 Å². The summed E-state index contributed by atoms with van der Waals surface area (Å²) in [4.78, 5) is 6.80. The van der Waals surface area contributed by atoms with Crippen LogP contribution in [0.1, 0.15) is 42.9 Å². The van der Waals surface area contributed by atoms with E-state index in [1.165, 1.54) is 24.8 Å². The van der Waals surface area contributed by atoms with Crippen molar-refractivity contribution in [1.82, 2.24) is 14.9 Å². The first-order chi connectivity index (χ1) is 16.4. The number of guanidine groups is 1. The SMILES string of the molecule is CS(=O)(=O)N/C(=N/CCCOc1cccc(CN2CCCCC2)c1)NCC(O)c1ccccc1. The van der Waals surface area contributed by atoms with Crippen LogP contribution >= 0.6 is 0 Å². The fourth-order valence-corrected chi connectivity index (χ4v) is 4.33. The Bertz CT molecular complexity index is 1010. The van der Waals surface area contributed by atoms with Crippen LogP contribution in [0.4, 0.5) is 0 Å². The van der Waals surface area contributed by atoms with E-state index in [2.05, 4.69) is 32.1 Å². The third kappa shape index (κ3) is 9.70. The van der Waals surface area contributed by atoms with Crippen LogP contribution in [0, 0.1) is 0 Å². The molecule has 8 nitrogen and oxygen atoms in total. The molecule has 1 atom stereocenters. The molecule has 0 bridgehead atoms. The molecule has 0 amide bonds. The lowest BCUT2D eigenvalue weighted by atomic mass is 10.1. The van der Waals surface area contributed by atoms with Crippen molar-refractivity contribution in [2.75, 3.05) is 39.0 Å². The molecule has 3 rings (SSSR count). The molecule has 1 fully saturated rings. The average Bonchev–Trinajstić information content (AvgIpc) is 2.82. The number of benzene rings is 2. The van der Waals surface area contributed by atoms with Crippen molar-refractivity contribution in [2.45, 2.75) is 38.3 Å². The van der Waals surface area contributed by atoms with Crippen LogP contribution in [-0.2, 0) is 16.6 Å². The summed E-state index contributed by atoms with van der Waals surface area (Å²) in [5.41, 5.74) is 1.99. The Balaban J connectivity index is 1.45. The number of sulfonamides is 1. The number of aliphatic imine (C=N–C) groups is 1. The fourth-order valence-electron chi connectivity index (χ4n) is 3.84. The van der Waals surface area contributed by atoms with Gasteiger partial charge in [-0.25, -0.2) is 8.42 Å². The topological polar surface area (TPSA) is 103 Å². The summed E-state index contributed by atoms with van der Waals surface area (Å²) in [6, 6.07) is 17.4. The van der Waals surface area contributed by atoms with E-state index in [-0.39, 0.29) is 12.5 Å². The van der Waals surface area contributed by atoms with Crippen LogP contribution in [0.15, 0.2) is 59.6 Å². The Morgan fingerprint density at radius 1 is 1.12 bits per heavy atom. The first kappa shape index (κ1) is 26.0. The number of piperidine rings is 1. The van der Waals surface area contributed by atoms with Crippen LogP contribution < -0.4 is 14.8 Å². The molecule has 1 aliphatic heterocycles. The van der Waals surface area contributed by atoms with E-state index in [0.717, 1.165) is 37.2 Å². The highest BCUT2D eigenvalue weighted by Gasteiger charge is 2.12. The van der Waals surface area contributed by atoms with Gasteiger partial charge in [-0.15, -0.1) is 0 Å². The van der Waals surface area contributed by atoms with E-state index in [0.29, 0.717) is 19.6 Å². The molecule has 0 saturated carbocycles. The smallest absolute Gasteiger partial charge is 0.232 e. The largest absolute Gasteiger partial charge is 0.494 e. The number of nitrogens with one attached hydrogen (secondary N) is 2. The van der Waals surface area contributed by atoms with Crippen LogP contribution in [-0.4, -0.2) is 63.4 Å². The van der Waals surface area contributed by atoms with Crippen LogP contribution in [0.5, 0.6) is 5.75 Å². The third-order valence-corrected chi connectivity index (χ3v) is 6.09. The molecule has 0 aromatic heterocycles. The standard InChI is InChI=1S/C25H36N4O4S/c1-34(31,32)28-25(27-19-24(30)22-11-4-2-5-12-22)26-14-9-17-33-23-13-8-10-21(18-23)20-29-15-6-3-7-16-29/h2,4-5,8,10-13,18,24,30H,3,6-7,9,14-17,19-20H2,1H3,(H2,26,27,28). The second-order valence-electron chi connectivity index (χ2n) is 8.60. The summed E-state index contributed by atoms with van der Waals surface area (Å²) in [6.45, 7) is 4.23. The van der Waals surface area contributed by atoms with Gasteiger partial charge in [-0.05, 0) is 49.2 Å². The van der Waals surface area contributed by atoms with E-state index >= 15 is 0 Å². The quantitative estimate of drug-likeness (QED) is 0.255. The Morgan fingerprint density at radius 3 is 2.62 bits per heavy atom. The predicted molar refractivity (Wildman–Crippen MR) is 135 cm³/mol. The molecule has 0 spiro atoms. The van der Waals surface area contributed by atoms with Gasteiger partial charge >= 0.3 is 0 Å². The maximum Gasteiger partial charge on any atom is 0.232 e. The van der Waals surface area contributed by atoms with Gasteiger partial charge in [0.1, 0.15) is 5.75 Å². The van der Waals surface area contributed by atoms with Crippen molar-refractivity contribution in [2.24, 2.45) is 4.99 Å². The first-order valence-corrected chi connectivity index (χ1v) is 13.7. The van der Waals surface area contributed by atoms with E-state index in [9.17, 15) is 13.5 Å². The monoisotopic (exact) mass is 488 g/mol. The molecule has 1 saturated heterocycles. The molecule has 1 heterocycles. The van der Waals surface area contributed by atoms with Gasteiger partial charge < -0.3 is 15.2 Å². The highest BCUT2D eigenvalue weighted by molar-refractivity contribution is 7.89. The van der Waals surface area contributed by atoms with Crippen molar-refractivity contribution in [1.29, 1.82) is 0 Å². The van der Waals surface area contributed by atoms with E-state index < -0.39 is 16.1 Å². The van der Waals surface area contributed by atoms with Gasteiger partial charge in [0.2, 0.25) is 16.0 Å². The third-order valence-electron chi connectivity index (χ3n) is 5.52. The minimum atomic E-state index is -3.50. The number of hydrogen-bond donors (Lipinski definition) is 3. The summed E-state index contributed by atoms with van der Waals surface area (Å²) >= 11 is 0. The van der Waals surface area contributed by atoms with Gasteiger partial charge in [0, 0.05) is 26.1 Å². The molecule has 0 radical (unpaired) electrons. The van der Waals surface area contributed by atoms with E-state index in [1.54, 1.807) is 0 Å². The van der Waals surface area contributed by atoms with Crippen molar-refractivity contribution in [3.8, 4) is 5.75 Å². The lowest BCUT2D eigenvalue weighted by molar-refractivity contribution is 0.181. The number of likely N-dealkylation sites (tertiary alicyclic amines) is 1. The molecule has 2 aromatic carbocycles. The molecule has 0 aliphatic carbocycles. The Morgan fingerprint density at radius 2 is 1.88 bits per heavy atom. The molecule has 34 heavy (non-hydrogen) atoms. The lowest BCUT2D eigenvalue weighted by Crippen LogP contribution is -2.42. The number of hydrogen-bond acceptors (Lipinski definition) is 6.